The van der Waals surface area contributed by atoms with E-state index >= 15 is 0 Å². The zero-order valence-corrected chi connectivity index (χ0v) is 14.8. The van der Waals surface area contributed by atoms with E-state index in [-0.39, 0.29) is 16.7 Å². The molecule has 0 unspecified atom stereocenters. The van der Waals surface area contributed by atoms with Gasteiger partial charge in [-0.2, -0.15) is 0 Å². The van der Waals surface area contributed by atoms with Gasteiger partial charge in [-0.3, -0.25) is 0 Å². The predicted molar refractivity (Wildman–Crippen MR) is 101 cm³/mol. The Morgan fingerprint density at radius 3 is 1.69 bits per heavy atom. The lowest BCUT2D eigenvalue weighted by molar-refractivity contribution is 0.0652. The maximum absolute atomic E-state index is 12.0. The molecule has 3 rings (SSSR count). The molecule has 26 heavy (non-hydrogen) atoms. The van der Waals surface area contributed by atoms with Gasteiger partial charge in [-0.25, -0.2) is 9.59 Å². The SMILES string of the molecule is O=C(O)c1ccc(-c2ccccc2Cl)c(-c2ccccc2Cl)c1C(=O)O. The fourth-order valence-electron chi connectivity index (χ4n) is 2.85. The Morgan fingerprint density at radius 2 is 1.19 bits per heavy atom. The van der Waals surface area contributed by atoms with E-state index in [4.69, 9.17) is 23.2 Å². The highest BCUT2D eigenvalue weighted by atomic mass is 35.5. The van der Waals surface area contributed by atoms with Gasteiger partial charge in [0.1, 0.15) is 0 Å². The monoisotopic (exact) mass is 386 g/mol. The third-order valence-electron chi connectivity index (χ3n) is 3.96. The van der Waals surface area contributed by atoms with Crippen LogP contribution in [-0.2, 0) is 0 Å². The van der Waals surface area contributed by atoms with Crippen molar-refractivity contribution in [1.82, 2.24) is 0 Å². The molecule has 0 saturated carbocycles. The van der Waals surface area contributed by atoms with Gasteiger partial charge in [0.2, 0.25) is 0 Å². The van der Waals surface area contributed by atoms with Gasteiger partial charge in [0, 0.05) is 26.7 Å². The second kappa shape index (κ2) is 7.20. The number of hydrogen-bond donors (Lipinski definition) is 2. The lowest BCUT2D eigenvalue weighted by atomic mass is 9.87. The third-order valence-corrected chi connectivity index (χ3v) is 4.62. The number of halogens is 2. The van der Waals surface area contributed by atoms with Crippen LogP contribution in [0.15, 0.2) is 60.7 Å². The van der Waals surface area contributed by atoms with Gasteiger partial charge in [0.15, 0.2) is 0 Å². The van der Waals surface area contributed by atoms with E-state index < -0.39 is 11.9 Å². The molecular weight excluding hydrogens is 375 g/mol. The molecule has 4 nitrogen and oxygen atoms in total. The molecule has 0 aliphatic rings. The zero-order valence-electron chi connectivity index (χ0n) is 13.2. The van der Waals surface area contributed by atoms with Crippen LogP contribution in [0.3, 0.4) is 0 Å². The van der Waals surface area contributed by atoms with Crippen molar-refractivity contribution in [2.45, 2.75) is 0 Å². The summed E-state index contributed by atoms with van der Waals surface area (Å²) in [5.41, 5.74) is 1.07. The van der Waals surface area contributed by atoms with E-state index in [1.807, 2.05) is 0 Å². The van der Waals surface area contributed by atoms with E-state index in [2.05, 4.69) is 0 Å². The third kappa shape index (κ3) is 3.17. The quantitative estimate of drug-likeness (QED) is 0.600. The molecule has 0 spiro atoms. The second-order valence-electron chi connectivity index (χ2n) is 5.48. The minimum Gasteiger partial charge on any atom is -0.478 e. The van der Waals surface area contributed by atoms with Crippen LogP contribution >= 0.6 is 23.2 Å². The van der Waals surface area contributed by atoms with Gasteiger partial charge in [-0.15, -0.1) is 0 Å². The number of benzene rings is 3. The molecule has 0 atom stereocenters. The maximum Gasteiger partial charge on any atom is 0.337 e. The molecule has 0 fully saturated rings. The Kier molecular flexibility index (Phi) is 4.98. The van der Waals surface area contributed by atoms with Crippen LogP contribution in [0.1, 0.15) is 20.7 Å². The average molecular weight is 387 g/mol. The number of aromatic carboxylic acids is 2. The molecule has 6 heteroatoms. The summed E-state index contributed by atoms with van der Waals surface area (Å²) in [6, 6.07) is 16.4. The summed E-state index contributed by atoms with van der Waals surface area (Å²) >= 11 is 12.6. The lowest BCUT2D eigenvalue weighted by Gasteiger charge is -2.17. The molecule has 0 heterocycles. The van der Waals surface area contributed by atoms with Crippen molar-refractivity contribution in [3.8, 4) is 22.3 Å². The van der Waals surface area contributed by atoms with Gasteiger partial charge in [0.25, 0.3) is 0 Å². The first-order valence-corrected chi connectivity index (χ1v) is 8.30. The van der Waals surface area contributed by atoms with Crippen molar-refractivity contribution >= 4 is 35.1 Å². The van der Waals surface area contributed by atoms with Crippen LogP contribution in [0.2, 0.25) is 10.0 Å². The molecule has 0 saturated heterocycles. The van der Waals surface area contributed by atoms with Crippen molar-refractivity contribution in [2.75, 3.05) is 0 Å². The summed E-state index contributed by atoms with van der Waals surface area (Å²) in [7, 11) is 0. The van der Waals surface area contributed by atoms with Gasteiger partial charge in [0.05, 0.1) is 11.1 Å². The highest BCUT2D eigenvalue weighted by molar-refractivity contribution is 6.35. The molecule has 0 amide bonds. The lowest BCUT2D eigenvalue weighted by Crippen LogP contribution is -2.11. The molecule has 0 aliphatic carbocycles. The zero-order chi connectivity index (χ0) is 18.8. The number of hydrogen-bond acceptors (Lipinski definition) is 2. The largest absolute Gasteiger partial charge is 0.478 e. The number of carboxylic acids is 2. The number of rotatable bonds is 4. The van der Waals surface area contributed by atoms with E-state index in [0.717, 1.165) is 0 Å². The highest BCUT2D eigenvalue weighted by Crippen LogP contribution is 2.41. The van der Waals surface area contributed by atoms with Crippen LogP contribution in [-0.4, -0.2) is 22.2 Å². The van der Waals surface area contributed by atoms with E-state index in [0.29, 0.717) is 26.7 Å². The predicted octanol–water partition coefficient (Wildman–Crippen LogP) is 5.72. The van der Waals surface area contributed by atoms with Gasteiger partial charge in [-0.05, 0) is 23.8 Å². The highest BCUT2D eigenvalue weighted by Gasteiger charge is 2.26. The Morgan fingerprint density at radius 1 is 0.654 bits per heavy atom. The smallest absolute Gasteiger partial charge is 0.337 e. The van der Waals surface area contributed by atoms with Crippen molar-refractivity contribution in [1.29, 1.82) is 0 Å². The summed E-state index contributed by atoms with van der Waals surface area (Å²) in [4.78, 5) is 23.5. The topological polar surface area (TPSA) is 74.6 Å². The van der Waals surface area contributed by atoms with E-state index in [1.54, 1.807) is 54.6 Å². The first-order chi connectivity index (χ1) is 12.4. The Labute approximate surface area is 159 Å². The normalized spacial score (nSPS) is 10.5. The first-order valence-electron chi connectivity index (χ1n) is 7.55. The van der Waals surface area contributed by atoms with Crippen LogP contribution in [0.5, 0.6) is 0 Å². The molecule has 130 valence electrons. The van der Waals surface area contributed by atoms with Crippen LogP contribution in [0.4, 0.5) is 0 Å². The molecular formula is C20H12Cl2O4. The fraction of sp³-hybridized carbons (Fsp3) is 0. The van der Waals surface area contributed by atoms with Crippen molar-refractivity contribution in [3.63, 3.8) is 0 Å². The van der Waals surface area contributed by atoms with Crippen molar-refractivity contribution < 1.29 is 19.8 Å². The summed E-state index contributed by atoms with van der Waals surface area (Å²) in [5, 5.41) is 19.9. The second-order valence-corrected chi connectivity index (χ2v) is 6.30. The van der Waals surface area contributed by atoms with E-state index in [9.17, 15) is 19.8 Å². The maximum atomic E-state index is 12.0. The summed E-state index contributed by atoms with van der Waals surface area (Å²) in [6.45, 7) is 0. The summed E-state index contributed by atoms with van der Waals surface area (Å²) < 4.78 is 0. The molecule has 0 bridgehead atoms. The summed E-state index contributed by atoms with van der Waals surface area (Å²) in [6.07, 6.45) is 0. The first kappa shape index (κ1) is 18.0. The number of carboxylic acid groups (broad SMARTS) is 2. The van der Waals surface area contributed by atoms with Gasteiger partial charge >= 0.3 is 11.9 Å². The Bertz CT molecular complexity index is 1030. The van der Waals surface area contributed by atoms with Crippen molar-refractivity contribution in [3.05, 3.63) is 81.8 Å². The molecule has 3 aromatic rings. The molecule has 0 radical (unpaired) electrons. The minimum atomic E-state index is -1.36. The standard InChI is InChI=1S/C20H12Cl2O4/c21-15-7-3-1-5-11(15)12-9-10-14(19(23)24)18(20(25)26)17(12)13-6-2-4-8-16(13)22/h1-10H,(H,23,24)(H,25,26). The average Bonchev–Trinajstić information content (AvgIpc) is 2.61. The van der Waals surface area contributed by atoms with E-state index in [1.165, 1.54) is 6.07 Å². The minimum absolute atomic E-state index is 0.219. The van der Waals surface area contributed by atoms with Crippen molar-refractivity contribution in [2.24, 2.45) is 0 Å². The molecule has 3 aromatic carbocycles. The Hall–Kier alpha value is -2.82. The fourth-order valence-corrected chi connectivity index (χ4v) is 3.32. The molecule has 2 N–H and O–H groups in total. The number of carbonyl (C=O) groups is 2. The van der Waals surface area contributed by atoms with Crippen LogP contribution in [0.25, 0.3) is 22.3 Å². The molecule has 0 aromatic heterocycles. The Balaban J connectivity index is 2.49. The van der Waals surface area contributed by atoms with Gasteiger partial charge in [-0.1, -0.05) is 65.7 Å². The van der Waals surface area contributed by atoms with Crippen LogP contribution in [0, 0.1) is 0 Å². The molecule has 0 aliphatic heterocycles. The summed E-state index contributed by atoms with van der Waals surface area (Å²) in [5.74, 6) is -2.69. The van der Waals surface area contributed by atoms with Crippen LogP contribution < -0.4 is 0 Å². The van der Waals surface area contributed by atoms with Gasteiger partial charge < -0.3 is 10.2 Å².